The molecule has 0 radical (unpaired) electrons. The van der Waals surface area contributed by atoms with Crippen molar-refractivity contribution in [2.75, 3.05) is 0 Å². The molecule has 0 amide bonds. The molecule has 0 unspecified atom stereocenters. The summed E-state index contributed by atoms with van der Waals surface area (Å²) in [6.07, 6.45) is 1.74. The van der Waals surface area contributed by atoms with Crippen molar-refractivity contribution in [2.45, 2.75) is 6.92 Å². The first-order valence-corrected chi connectivity index (χ1v) is 4.65. The Kier molecular flexibility index (Phi) is 1.85. The number of aromatic amines is 1. The van der Waals surface area contributed by atoms with E-state index in [1.165, 1.54) is 0 Å². The van der Waals surface area contributed by atoms with E-state index in [0.717, 1.165) is 26.2 Å². The van der Waals surface area contributed by atoms with Crippen molar-refractivity contribution in [2.24, 2.45) is 0 Å². The van der Waals surface area contributed by atoms with Crippen LogP contribution in [0.2, 0.25) is 5.02 Å². The number of pyridine rings is 1. The highest BCUT2D eigenvalue weighted by Crippen LogP contribution is 2.27. The van der Waals surface area contributed by atoms with Crippen LogP contribution < -0.4 is 0 Å². The van der Waals surface area contributed by atoms with Gasteiger partial charge in [-0.1, -0.05) is 11.6 Å². The molecule has 12 heavy (non-hydrogen) atoms. The number of rotatable bonds is 0. The molecule has 2 aromatic heterocycles. The van der Waals surface area contributed by atoms with Crippen LogP contribution in [0.4, 0.5) is 0 Å². The van der Waals surface area contributed by atoms with E-state index >= 15 is 0 Å². The minimum Gasteiger partial charge on any atom is -0.342 e. The number of fused-ring (bicyclic) bond motifs is 1. The summed E-state index contributed by atoms with van der Waals surface area (Å²) >= 11 is 9.36. The predicted molar refractivity (Wildman–Crippen MR) is 53.5 cm³/mol. The zero-order chi connectivity index (χ0) is 8.72. The Morgan fingerprint density at radius 3 is 3.08 bits per heavy atom. The topological polar surface area (TPSA) is 28.7 Å². The minimum absolute atomic E-state index is 0.749. The highest BCUT2D eigenvalue weighted by atomic mass is 79.9. The molecule has 0 atom stereocenters. The monoisotopic (exact) mass is 244 g/mol. The van der Waals surface area contributed by atoms with Crippen LogP contribution in [0.15, 0.2) is 16.7 Å². The van der Waals surface area contributed by atoms with E-state index in [1.54, 1.807) is 6.20 Å². The Labute approximate surface area is 83.1 Å². The van der Waals surface area contributed by atoms with Gasteiger partial charge in [0.15, 0.2) is 0 Å². The van der Waals surface area contributed by atoms with E-state index in [0.29, 0.717) is 0 Å². The zero-order valence-electron chi connectivity index (χ0n) is 6.36. The molecule has 0 saturated carbocycles. The van der Waals surface area contributed by atoms with E-state index < -0.39 is 0 Å². The number of nitrogens with one attached hydrogen (secondary N) is 1. The van der Waals surface area contributed by atoms with E-state index in [9.17, 15) is 0 Å². The predicted octanol–water partition coefficient (Wildman–Crippen LogP) is 3.29. The smallest absolute Gasteiger partial charge is 0.139 e. The molecule has 0 aliphatic heterocycles. The highest BCUT2D eigenvalue weighted by molar-refractivity contribution is 9.10. The van der Waals surface area contributed by atoms with E-state index in [-0.39, 0.29) is 0 Å². The fraction of sp³-hybridized carbons (Fsp3) is 0.125. The lowest BCUT2D eigenvalue weighted by Crippen LogP contribution is -1.74. The van der Waals surface area contributed by atoms with Crippen molar-refractivity contribution in [1.82, 2.24) is 9.97 Å². The second-order valence-electron chi connectivity index (χ2n) is 2.61. The summed E-state index contributed by atoms with van der Waals surface area (Å²) in [5.41, 5.74) is 1.79. The van der Waals surface area contributed by atoms with Gasteiger partial charge < -0.3 is 4.98 Å². The summed E-state index contributed by atoms with van der Waals surface area (Å²) in [5, 5.41) is 1.71. The molecule has 2 nitrogen and oxygen atoms in total. The number of aryl methyl sites for hydroxylation is 1. The van der Waals surface area contributed by atoms with Gasteiger partial charge in [-0.2, -0.15) is 0 Å². The Balaban J connectivity index is 2.88. The van der Waals surface area contributed by atoms with E-state index in [4.69, 9.17) is 11.6 Å². The lowest BCUT2D eigenvalue weighted by Gasteiger charge is -1.89. The summed E-state index contributed by atoms with van der Waals surface area (Å²) in [6.45, 7) is 1.93. The molecule has 0 bridgehead atoms. The number of nitrogens with zero attached hydrogens (tertiary/aromatic N) is 1. The third-order valence-electron chi connectivity index (χ3n) is 1.73. The Bertz CT molecular complexity index is 436. The highest BCUT2D eigenvalue weighted by Gasteiger charge is 2.06. The maximum atomic E-state index is 6.02. The van der Waals surface area contributed by atoms with Gasteiger partial charge >= 0.3 is 0 Å². The molecule has 0 saturated heterocycles. The van der Waals surface area contributed by atoms with Crippen LogP contribution in [0.3, 0.4) is 0 Å². The first-order valence-electron chi connectivity index (χ1n) is 3.48. The largest absolute Gasteiger partial charge is 0.342 e. The molecule has 0 aromatic carbocycles. The SMILES string of the molecule is Cc1[nH]c2ncc(Br)cc2c1Cl. The van der Waals surface area contributed by atoms with Crippen LogP contribution in [0.25, 0.3) is 11.0 Å². The summed E-state index contributed by atoms with van der Waals surface area (Å²) < 4.78 is 0.941. The fourth-order valence-corrected chi connectivity index (χ4v) is 1.66. The number of H-pyrrole nitrogens is 1. The van der Waals surface area contributed by atoms with Gasteiger partial charge in [0.25, 0.3) is 0 Å². The summed E-state index contributed by atoms with van der Waals surface area (Å²) in [7, 11) is 0. The van der Waals surface area contributed by atoms with Gasteiger partial charge in [-0.05, 0) is 28.9 Å². The maximum Gasteiger partial charge on any atom is 0.139 e. The average Bonchev–Trinajstić information content (AvgIpc) is 2.31. The summed E-state index contributed by atoms with van der Waals surface area (Å²) in [6, 6.07) is 1.95. The Morgan fingerprint density at radius 1 is 1.58 bits per heavy atom. The van der Waals surface area contributed by atoms with Crippen molar-refractivity contribution in [3.05, 3.63) is 27.5 Å². The molecule has 0 spiro atoms. The summed E-state index contributed by atoms with van der Waals surface area (Å²) in [4.78, 5) is 7.27. The van der Waals surface area contributed by atoms with Crippen LogP contribution >= 0.6 is 27.5 Å². The molecule has 2 aromatic rings. The third kappa shape index (κ3) is 1.13. The van der Waals surface area contributed by atoms with Crippen molar-refractivity contribution in [3.63, 3.8) is 0 Å². The molecule has 0 aliphatic carbocycles. The first kappa shape index (κ1) is 8.08. The van der Waals surface area contributed by atoms with Gasteiger partial charge in [-0.25, -0.2) is 4.98 Å². The standard InChI is InChI=1S/C8H6BrClN2/c1-4-7(10)6-2-5(9)3-11-8(6)12-4/h2-3H,1H3,(H,11,12). The molecule has 0 aliphatic rings. The van der Waals surface area contributed by atoms with Crippen LogP contribution in [0.1, 0.15) is 5.69 Å². The van der Waals surface area contributed by atoms with E-state index in [1.807, 2.05) is 13.0 Å². The van der Waals surface area contributed by atoms with E-state index in [2.05, 4.69) is 25.9 Å². The number of hydrogen-bond donors (Lipinski definition) is 1. The van der Waals surface area contributed by atoms with Crippen molar-refractivity contribution < 1.29 is 0 Å². The van der Waals surface area contributed by atoms with Crippen LogP contribution in [0, 0.1) is 6.92 Å². The molecule has 62 valence electrons. The van der Waals surface area contributed by atoms with Gasteiger partial charge in [0.05, 0.1) is 5.02 Å². The second kappa shape index (κ2) is 2.75. The van der Waals surface area contributed by atoms with Crippen molar-refractivity contribution >= 4 is 38.6 Å². The van der Waals surface area contributed by atoms with Crippen molar-refractivity contribution in [3.8, 4) is 0 Å². The first-order chi connectivity index (χ1) is 5.68. The molecule has 0 fully saturated rings. The average molecular weight is 246 g/mol. The Morgan fingerprint density at radius 2 is 2.33 bits per heavy atom. The normalized spacial score (nSPS) is 10.9. The quantitative estimate of drug-likeness (QED) is 0.758. The van der Waals surface area contributed by atoms with Crippen LogP contribution in [0.5, 0.6) is 0 Å². The molecular formula is C8H6BrClN2. The second-order valence-corrected chi connectivity index (χ2v) is 3.91. The van der Waals surface area contributed by atoms with Crippen LogP contribution in [-0.2, 0) is 0 Å². The lowest BCUT2D eigenvalue weighted by atomic mass is 10.3. The minimum atomic E-state index is 0.749. The molecule has 4 heteroatoms. The maximum absolute atomic E-state index is 6.02. The number of halogens is 2. The van der Waals surface area contributed by atoms with Crippen molar-refractivity contribution in [1.29, 1.82) is 0 Å². The van der Waals surface area contributed by atoms with Crippen LogP contribution in [-0.4, -0.2) is 9.97 Å². The molecule has 1 N–H and O–H groups in total. The third-order valence-corrected chi connectivity index (χ3v) is 2.65. The van der Waals surface area contributed by atoms with Gasteiger partial charge in [-0.15, -0.1) is 0 Å². The van der Waals surface area contributed by atoms with Gasteiger partial charge in [0, 0.05) is 21.7 Å². The number of aromatic nitrogens is 2. The molecule has 2 rings (SSSR count). The lowest BCUT2D eigenvalue weighted by molar-refractivity contribution is 1.25. The van der Waals surface area contributed by atoms with Gasteiger partial charge in [-0.3, -0.25) is 0 Å². The summed E-state index contributed by atoms with van der Waals surface area (Å²) in [5.74, 6) is 0. The van der Waals surface area contributed by atoms with Gasteiger partial charge in [0.1, 0.15) is 5.65 Å². The zero-order valence-corrected chi connectivity index (χ0v) is 8.70. The van der Waals surface area contributed by atoms with Gasteiger partial charge in [0.2, 0.25) is 0 Å². The Hall–Kier alpha value is -0.540. The molecule has 2 heterocycles. The number of hydrogen-bond acceptors (Lipinski definition) is 1. The molecular weight excluding hydrogens is 239 g/mol. The fourth-order valence-electron chi connectivity index (χ4n) is 1.14.